The van der Waals surface area contributed by atoms with Crippen LogP contribution in [0.15, 0.2) is 40.6 Å². The van der Waals surface area contributed by atoms with E-state index in [9.17, 15) is 0 Å². The summed E-state index contributed by atoms with van der Waals surface area (Å²) in [6, 6.07) is 5.72. The molecule has 5 heteroatoms. The van der Waals surface area contributed by atoms with Gasteiger partial charge in [-0.2, -0.15) is 0 Å². The molecule has 5 nitrogen and oxygen atoms in total. The van der Waals surface area contributed by atoms with Crippen molar-refractivity contribution in [1.29, 1.82) is 0 Å². The molecule has 2 aliphatic heterocycles. The monoisotopic (exact) mass is 219 g/mol. The number of hydrogen-bond acceptors (Lipinski definition) is 5. The summed E-state index contributed by atoms with van der Waals surface area (Å²) in [4.78, 5) is 11.5. The van der Waals surface area contributed by atoms with E-state index in [-0.39, 0.29) is 0 Å². The minimum absolute atomic E-state index is 0.958. The normalized spacial score (nSPS) is 15.0. The van der Waals surface area contributed by atoms with Gasteiger partial charge in [0.05, 0.1) is 25.8 Å². The van der Waals surface area contributed by atoms with Crippen LogP contribution in [0.3, 0.4) is 0 Å². The summed E-state index contributed by atoms with van der Waals surface area (Å²) >= 11 is 0. The Bertz CT molecular complexity index is 242. The molecule has 0 fully saturated rings. The van der Waals surface area contributed by atoms with E-state index in [1.807, 2.05) is 18.2 Å². The predicted molar refractivity (Wildman–Crippen MR) is 67.0 cm³/mol. The molecule has 86 valence electrons. The number of aromatic nitrogens is 1. The maximum Gasteiger partial charge on any atom is 0.0825 e. The van der Waals surface area contributed by atoms with Crippen molar-refractivity contribution in [1.82, 2.24) is 15.6 Å². The van der Waals surface area contributed by atoms with Crippen molar-refractivity contribution in [2.45, 2.75) is 0 Å². The molecule has 16 heavy (non-hydrogen) atoms. The molecule has 0 saturated heterocycles. The Morgan fingerprint density at radius 2 is 1.31 bits per heavy atom. The van der Waals surface area contributed by atoms with Crippen LogP contribution in [0, 0.1) is 0 Å². The molecule has 0 aromatic carbocycles. The Hall–Kier alpha value is -1.91. The lowest BCUT2D eigenvalue weighted by molar-refractivity contribution is 0.965. The molecule has 3 rings (SSSR count). The number of hydrogen-bond donors (Lipinski definition) is 2. The van der Waals surface area contributed by atoms with Crippen LogP contribution in [0.5, 0.6) is 0 Å². The third kappa shape index (κ3) is 7.49. The molecule has 3 heterocycles. The Morgan fingerprint density at radius 3 is 1.44 bits per heavy atom. The highest BCUT2D eigenvalue weighted by atomic mass is 15.0. The summed E-state index contributed by atoms with van der Waals surface area (Å²) in [5, 5.41) is 5.86. The minimum Gasteiger partial charge on any atom is -0.375 e. The van der Waals surface area contributed by atoms with Crippen molar-refractivity contribution in [3.05, 3.63) is 30.6 Å². The maximum atomic E-state index is 3.85. The van der Waals surface area contributed by atoms with Gasteiger partial charge in [0.1, 0.15) is 0 Å². The van der Waals surface area contributed by atoms with Crippen molar-refractivity contribution >= 4 is 12.7 Å². The van der Waals surface area contributed by atoms with E-state index < -0.39 is 0 Å². The van der Waals surface area contributed by atoms with E-state index in [4.69, 9.17) is 0 Å². The second kappa shape index (κ2) is 9.64. The highest BCUT2D eigenvalue weighted by Gasteiger charge is 1.82. The zero-order chi connectivity index (χ0) is 11.3. The molecular weight excluding hydrogens is 202 g/mol. The lowest BCUT2D eigenvalue weighted by atomic mass is 10.5. The molecule has 1 aromatic heterocycles. The Kier molecular flexibility index (Phi) is 7.33. The van der Waals surface area contributed by atoms with Crippen LogP contribution in [-0.2, 0) is 0 Å². The van der Waals surface area contributed by atoms with Crippen LogP contribution < -0.4 is 10.6 Å². The number of nitrogens with one attached hydrogen (secondary N) is 2. The molecule has 0 amide bonds. The van der Waals surface area contributed by atoms with Crippen LogP contribution >= 0.6 is 0 Å². The molecule has 0 bridgehead atoms. The van der Waals surface area contributed by atoms with E-state index >= 15 is 0 Å². The van der Waals surface area contributed by atoms with E-state index in [2.05, 4.69) is 25.6 Å². The quantitative estimate of drug-likeness (QED) is 0.660. The molecule has 0 radical (unpaired) electrons. The molecule has 0 atom stereocenters. The Morgan fingerprint density at radius 1 is 0.750 bits per heavy atom. The van der Waals surface area contributed by atoms with Gasteiger partial charge in [0.15, 0.2) is 0 Å². The first-order valence-electron chi connectivity index (χ1n) is 5.28. The highest BCUT2D eigenvalue weighted by Crippen LogP contribution is 1.73. The van der Waals surface area contributed by atoms with Crippen molar-refractivity contribution in [3.63, 3.8) is 0 Å². The standard InChI is InChI=1S/C5H5N.2C3H6N2/c1-2-4-6-5-3-1;2*1-2-5-3-4-1/h1-5H;2*3H,1-2H2,(H,4,5). The van der Waals surface area contributed by atoms with Gasteiger partial charge in [-0.3, -0.25) is 15.0 Å². The Balaban J connectivity index is 0.000000121. The maximum absolute atomic E-state index is 3.85. The van der Waals surface area contributed by atoms with Gasteiger partial charge in [-0.05, 0) is 12.1 Å². The molecular formula is C11H17N5. The zero-order valence-electron chi connectivity index (χ0n) is 9.21. The summed E-state index contributed by atoms with van der Waals surface area (Å²) in [5.41, 5.74) is 0. The smallest absolute Gasteiger partial charge is 0.0825 e. The zero-order valence-corrected chi connectivity index (χ0v) is 9.21. The summed E-state index contributed by atoms with van der Waals surface area (Å²) in [7, 11) is 0. The third-order valence-corrected chi connectivity index (χ3v) is 1.70. The van der Waals surface area contributed by atoms with Gasteiger partial charge in [0.2, 0.25) is 0 Å². The first kappa shape index (κ1) is 12.2. The average Bonchev–Trinajstić information content (AvgIpc) is 3.10. The summed E-state index contributed by atoms with van der Waals surface area (Å²) in [6.45, 7) is 3.97. The van der Waals surface area contributed by atoms with Crippen molar-refractivity contribution in [2.24, 2.45) is 9.98 Å². The summed E-state index contributed by atoms with van der Waals surface area (Å²) in [5.74, 6) is 0. The molecule has 2 N–H and O–H groups in total. The molecule has 0 spiro atoms. The number of rotatable bonds is 0. The van der Waals surface area contributed by atoms with E-state index in [1.54, 1.807) is 25.1 Å². The average molecular weight is 219 g/mol. The summed E-state index contributed by atoms with van der Waals surface area (Å²) < 4.78 is 0. The fourth-order valence-electron chi connectivity index (χ4n) is 0.958. The SMILES string of the molecule is C1=NCCN1.C1=NCCN1.c1ccncc1. The molecule has 2 aliphatic rings. The van der Waals surface area contributed by atoms with Crippen LogP contribution in [0.25, 0.3) is 0 Å². The van der Waals surface area contributed by atoms with E-state index in [0.717, 1.165) is 26.2 Å². The second-order valence-electron chi connectivity index (χ2n) is 3.00. The summed E-state index contributed by atoms with van der Waals surface area (Å²) in [6.07, 6.45) is 6.97. The molecule has 1 aromatic rings. The van der Waals surface area contributed by atoms with Gasteiger partial charge in [0, 0.05) is 25.5 Å². The number of nitrogens with zero attached hydrogens (tertiary/aromatic N) is 3. The Labute approximate surface area is 95.7 Å². The highest BCUT2D eigenvalue weighted by molar-refractivity contribution is 5.56. The molecule has 0 unspecified atom stereocenters. The van der Waals surface area contributed by atoms with Crippen LogP contribution in [0.1, 0.15) is 0 Å². The van der Waals surface area contributed by atoms with Crippen LogP contribution in [0.4, 0.5) is 0 Å². The van der Waals surface area contributed by atoms with Gasteiger partial charge in [-0.25, -0.2) is 0 Å². The van der Waals surface area contributed by atoms with E-state index in [1.165, 1.54) is 0 Å². The van der Waals surface area contributed by atoms with Crippen molar-refractivity contribution < 1.29 is 0 Å². The number of pyridine rings is 1. The fourth-order valence-corrected chi connectivity index (χ4v) is 0.958. The lowest BCUT2D eigenvalue weighted by Gasteiger charge is -1.75. The van der Waals surface area contributed by atoms with Crippen LogP contribution in [0.2, 0.25) is 0 Å². The lowest BCUT2D eigenvalue weighted by Crippen LogP contribution is -2.04. The van der Waals surface area contributed by atoms with Crippen molar-refractivity contribution in [2.75, 3.05) is 26.2 Å². The van der Waals surface area contributed by atoms with Gasteiger partial charge in [-0.1, -0.05) is 6.07 Å². The first-order chi connectivity index (χ1) is 8.00. The predicted octanol–water partition coefficient (Wildman–Crippen LogP) is 0.317. The van der Waals surface area contributed by atoms with Crippen molar-refractivity contribution in [3.8, 4) is 0 Å². The second-order valence-corrected chi connectivity index (χ2v) is 3.00. The van der Waals surface area contributed by atoms with Gasteiger partial charge in [0.25, 0.3) is 0 Å². The van der Waals surface area contributed by atoms with Gasteiger partial charge >= 0.3 is 0 Å². The van der Waals surface area contributed by atoms with Gasteiger partial charge < -0.3 is 10.6 Å². The largest absolute Gasteiger partial charge is 0.375 e. The topological polar surface area (TPSA) is 61.7 Å². The minimum atomic E-state index is 0.958. The van der Waals surface area contributed by atoms with Gasteiger partial charge in [-0.15, -0.1) is 0 Å². The fraction of sp³-hybridized carbons (Fsp3) is 0.364. The molecule has 0 saturated carbocycles. The van der Waals surface area contributed by atoms with E-state index in [0.29, 0.717) is 0 Å². The molecule has 0 aliphatic carbocycles. The third-order valence-electron chi connectivity index (χ3n) is 1.70. The first-order valence-corrected chi connectivity index (χ1v) is 5.28. The van der Waals surface area contributed by atoms with Crippen LogP contribution in [-0.4, -0.2) is 43.8 Å². The number of aliphatic imine (C=N–C) groups is 2.